The molecule has 0 spiro atoms. The van der Waals surface area contributed by atoms with Crippen molar-refractivity contribution in [2.45, 2.75) is 71.1 Å². The Morgan fingerprint density at radius 1 is 1.09 bits per heavy atom. The summed E-state index contributed by atoms with van der Waals surface area (Å²) in [6, 6.07) is 18.3. The van der Waals surface area contributed by atoms with E-state index in [4.69, 9.17) is 14.6 Å². The molecule has 0 aliphatic heterocycles. The molecule has 0 amide bonds. The minimum absolute atomic E-state index is 0.308. The number of aromatic nitrogens is 2. The van der Waals surface area contributed by atoms with Gasteiger partial charge in [0.1, 0.15) is 11.5 Å². The Morgan fingerprint density at radius 3 is 2.53 bits per heavy atom. The van der Waals surface area contributed by atoms with E-state index in [-0.39, 0.29) is 6.10 Å². The summed E-state index contributed by atoms with van der Waals surface area (Å²) in [5, 5.41) is 15.6. The van der Waals surface area contributed by atoms with Gasteiger partial charge in [-0.15, -0.1) is 0 Å². The van der Waals surface area contributed by atoms with E-state index in [2.05, 4.69) is 18.7 Å². The fourth-order valence-electron chi connectivity index (χ4n) is 4.33. The van der Waals surface area contributed by atoms with Crippen LogP contribution in [0.2, 0.25) is 0 Å². The van der Waals surface area contributed by atoms with Crippen LogP contribution in [0.15, 0.2) is 54.6 Å². The highest BCUT2D eigenvalue weighted by Crippen LogP contribution is 2.36. The fourth-order valence-corrected chi connectivity index (χ4v) is 4.33. The number of ether oxygens (including phenoxy) is 2. The van der Waals surface area contributed by atoms with Gasteiger partial charge < -0.3 is 14.6 Å². The maximum Gasteiger partial charge on any atom is 0.227 e. The Hall–Kier alpha value is -2.83. The van der Waals surface area contributed by atoms with Gasteiger partial charge in [-0.1, -0.05) is 51.0 Å². The number of aliphatic hydroxyl groups excluding tert-OH is 1. The summed E-state index contributed by atoms with van der Waals surface area (Å²) in [6.07, 6.45) is 5.86. The molecule has 2 aromatic carbocycles. The van der Waals surface area contributed by atoms with Crippen LogP contribution in [0.3, 0.4) is 0 Å². The molecule has 1 aromatic heterocycles. The molecule has 1 fully saturated rings. The van der Waals surface area contributed by atoms with Gasteiger partial charge in [-0.2, -0.15) is 5.10 Å². The molecule has 0 bridgehead atoms. The summed E-state index contributed by atoms with van der Waals surface area (Å²) in [7, 11) is 1.66. The van der Waals surface area contributed by atoms with Crippen molar-refractivity contribution in [2.75, 3.05) is 13.7 Å². The molecule has 1 aliphatic rings. The second-order valence-electron chi connectivity index (χ2n) is 9.07. The first-order valence-corrected chi connectivity index (χ1v) is 12.5. The van der Waals surface area contributed by atoms with Gasteiger partial charge in [0, 0.05) is 25.2 Å². The molecule has 1 N–H and O–H groups in total. The molecule has 0 saturated heterocycles. The Labute approximate surface area is 203 Å². The molecule has 6 nitrogen and oxygen atoms in total. The lowest BCUT2D eigenvalue weighted by molar-refractivity contribution is 0.0949. The van der Waals surface area contributed by atoms with Crippen molar-refractivity contribution in [1.29, 1.82) is 0 Å². The Bertz CT molecular complexity index is 1050. The van der Waals surface area contributed by atoms with Crippen LogP contribution in [0.1, 0.15) is 57.2 Å². The predicted molar refractivity (Wildman–Crippen MR) is 135 cm³/mol. The largest absolute Gasteiger partial charge is 0.497 e. The number of aryl methyl sites for hydroxylation is 1. The van der Waals surface area contributed by atoms with Crippen LogP contribution in [0.5, 0.6) is 17.4 Å². The zero-order valence-electron chi connectivity index (χ0n) is 20.6. The summed E-state index contributed by atoms with van der Waals surface area (Å²) in [4.78, 5) is 2.42. The minimum atomic E-state index is -0.308. The minimum Gasteiger partial charge on any atom is -0.497 e. The predicted octanol–water partition coefficient (Wildman–Crippen LogP) is 5.75. The maximum atomic E-state index is 10.7. The molecular formula is C28H37N3O3. The molecule has 1 atom stereocenters. The zero-order chi connectivity index (χ0) is 23.9. The third-order valence-corrected chi connectivity index (χ3v) is 6.37. The van der Waals surface area contributed by atoms with E-state index in [9.17, 15) is 5.11 Å². The number of unbranched alkanes of at least 4 members (excludes halogenated alkanes) is 1. The molecular weight excluding hydrogens is 426 g/mol. The average Bonchev–Trinajstić information content (AvgIpc) is 3.66. The fraction of sp³-hybridized carbons (Fsp3) is 0.464. The molecule has 4 rings (SSSR count). The summed E-state index contributed by atoms with van der Waals surface area (Å²) in [6.45, 7) is 5.69. The number of hydrogen-bond donors (Lipinski definition) is 1. The second-order valence-corrected chi connectivity index (χ2v) is 9.07. The lowest BCUT2D eigenvalue weighted by Crippen LogP contribution is -2.34. The van der Waals surface area contributed by atoms with Gasteiger partial charge in [0.05, 0.1) is 30.2 Å². The van der Waals surface area contributed by atoms with Crippen LogP contribution < -0.4 is 9.47 Å². The molecule has 0 unspecified atom stereocenters. The van der Waals surface area contributed by atoms with Crippen molar-refractivity contribution < 1.29 is 14.6 Å². The second kappa shape index (κ2) is 11.5. The first-order valence-electron chi connectivity index (χ1n) is 12.5. The molecule has 1 saturated carbocycles. The van der Waals surface area contributed by atoms with Crippen molar-refractivity contribution in [3.63, 3.8) is 0 Å². The molecule has 1 heterocycles. The van der Waals surface area contributed by atoms with Gasteiger partial charge in [0.25, 0.3) is 0 Å². The van der Waals surface area contributed by atoms with Crippen molar-refractivity contribution in [1.82, 2.24) is 14.7 Å². The summed E-state index contributed by atoms with van der Waals surface area (Å²) < 4.78 is 13.8. The highest BCUT2D eigenvalue weighted by atomic mass is 16.5. The topological polar surface area (TPSA) is 59.8 Å². The van der Waals surface area contributed by atoms with Crippen molar-refractivity contribution in [3.8, 4) is 23.1 Å². The molecule has 0 radical (unpaired) electrons. The highest BCUT2D eigenvalue weighted by Gasteiger charge is 2.33. The van der Waals surface area contributed by atoms with Crippen LogP contribution in [0, 0.1) is 0 Å². The van der Waals surface area contributed by atoms with E-state index < -0.39 is 0 Å². The lowest BCUT2D eigenvalue weighted by atomic mass is 10.1. The van der Waals surface area contributed by atoms with E-state index in [1.165, 1.54) is 12.8 Å². The van der Waals surface area contributed by atoms with E-state index in [0.29, 0.717) is 24.9 Å². The van der Waals surface area contributed by atoms with Crippen molar-refractivity contribution >= 4 is 0 Å². The van der Waals surface area contributed by atoms with Gasteiger partial charge in [-0.05, 0) is 49.9 Å². The number of methoxy groups -OCH3 is 1. The molecule has 1 aliphatic carbocycles. The quantitative estimate of drug-likeness (QED) is 0.350. The van der Waals surface area contributed by atoms with E-state index in [1.807, 2.05) is 59.3 Å². The van der Waals surface area contributed by atoms with Crippen LogP contribution in [-0.2, 0) is 13.0 Å². The van der Waals surface area contributed by atoms with Gasteiger partial charge in [0.15, 0.2) is 0 Å². The number of nitrogens with zero attached hydrogens (tertiary/aromatic N) is 3. The van der Waals surface area contributed by atoms with Crippen LogP contribution in [0.25, 0.3) is 5.69 Å². The van der Waals surface area contributed by atoms with Crippen LogP contribution in [0.4, 0.5) is 0 Å². The summed E-state index contributed by atoms with van der Waals surface area (Å²) in [5.74, 6) is 2.19. The maximum absolute atomic E-state index is 10.7. The molecule has 3 aromatic rings. The standard InChI is InChI=1S/C28H37N3O3/c1-4-6-13-23(32)19-30(21-16-17-21)20-26-27(5-2)29-31(22-11-8-7-9-12-22)28(26)34-25-15-10-14-24(18-25)33-3/h7-12,14-15,18,21,23,32H,4-6,13,16-17,19-20H2,1-3H3/t23-/m0/s1. The molecule has 34 heavy (non-hydrogen) atoms. The first-order chi connectivity index (χ1) is 16.6. The number of para-hydroxylation sites is 1. The molecule has 6 heteroatoms. The number of hydrogen-bond acceptors (Lipinski definition) is 5. The van der Waals surface area contributed by atoms with Crippen molar-refractivity contribution in [2.24, 2.45) is 0 Å². The Morgan fingerprint density at radius 2 is 1.85 bits per heavy atom. The van der Waals surface area contributed by atoms with Gasteiger partial charge in [0.2, 0.25) is 5.88 Å². The van der Waals surface area contributed by atoms with Crippen LogP contribution >= 0.6 is 0 Å². The van der Waals surface area contributed by atoms with E-state index in [0.717, 1.165) is 54.3 Å². The SMILES string of the molecule is CCCC[C@H](O)CN(Cc1c(CC)nn(-c2ccccc2)c1Oc1cccc(OC)c1)C1CC1. The van der Waals surface area contributed by atoms with Gasteiger partial charge >= 0.3 is 0 Å². The first kappa shape index (κ1) is 24.3. The van der Waals surface area contributed by atoms with Gasteiger partial charge in [-0.25, -0.2) is 4.68 Å². The highest BCUT2D eigenvalue weighted by molar-refractivity contribution is 5.44. The molecule has 182 valence electrons. The Kier molecular flexibility index (Phi) is 8.25. The summed E-state index contributed by atoms with van der Waals surface area (Å²) in [5.41, 5.74) is 3.07. The third-order valence-electron chi connectivity index (χ3n) is 6.37. The van der Waals surface area contributed by atoms with E-state index >= 15 is 0 Å². The number of rotatable bonds is 13. The van der Waals surface area contributed by atoms with E-state index in [1.54, 1.807) is 7.11 Å². The number of aliphatic hydroxyl groups is 1. The lowest BCUT2D eigenvalue weighted by Gasteiger charge is -2.25. The smallest absolute Gasteiger partial charge is 0.227 e. The normalized spacial score (nSPS) is 14.4. The third kappa shape index (κ3) is 5.99. The van der Waals surface area contributed by atoms with Crippen LogP contribution in [-0.4, -0.2) is 45.6 Å². The number of benzene rings is 2. The van der Waals surface area contributed by atoms with Gasteiger partial charge in [-0.3, -0.25) is 4.90 Å². The summed E-state index contributed by atoms with van der Waals surface area (Å²) >= 11 is 0. The monoisotopic (exact) mass is 463 g/mol. The Balaban J connectivity index is 1.70. The van der Waals surface area contributed by atoms with Crippen molar-refractivity contribution in [3.05, 3.63) is 65.9 Å². The zero-order valence-corrected chi connectivity index (χ0v) is 20.6. The average molecular weight is 464 g/mol.